The number of alkyl halides is 3. The highest BCUT2D eigenvalue weighted by atomic mass is 19.4. The number of nitriles is 1. The van der Waals surface area contributed by atoms with Crippen molar-refractivity contribution in [1.82, 2.24) is 24.7 Å². The van der Waals surface area contributed by atoms with Crippen molar-refractivity contribution >= 4 is 17.5 Å². The monoisotopic (exact) mass is 599 g/mol. The number of amidine groups is 1. The lowest BCUT2D eigenvalue weighted by Gasteiger charge is -2.20. The summed E-state index contributed by atoms with van der Waals surface area (Å²) in [4.78, 5) is 32.6. The number of aliphatic carboxylic acids is 1. The number of nitrogens with zero attached hydrogens (tertiary/aromatic N) is 5. The number of ether oxygens (including phenoxy) is 2. The van der Waals surface area contributed by atoms with Crippen LogP contribution >= 0.6 is 0 Å². The molecule has 2 aromatic carbocycles. The van der Waals surface area contributed by atoms with E-state index in [1.807, 2.05) is 13.0 Å². The third kappa shape index (κ3) is 8.53. The van der Waals surface area contributed by atoms with Crippen molar-refractivity contribution in [2.75, 3.05) is 18.5 Å². The van der Waals surface area contributed by atoms with E-state index in [1.54, 1.807) is 48.5 Å². The van der Waals surface area contributed by atoms with Gasteiger partial charge in [-0.25, -0.2) is 19.6 Å². The first-order chi connectivity index (χ1) is 20.4. The number of carboxylic acids is 1. The quantitative estimate of drug-likeness (QED) is 0.132. The van der Waals surface area contributed by atoms with Gasteiger partial charge in [-0.3, -0.25) is 10.4 Å². The lowest BCUT2D eigenvalue weighted by atomic mass is 10.0. The van der Waals surface area contributed by atoms with E-state index in [2.05, 4.69) is 25.4 Å². The third-order valence-electron chi connectivity index (χ3n) is 5.29. The molecular formula is C26H24F3N9O5. The summed E-state index contributed by atoms with van der Waals surface area (Å²) in [6.45, 7) is 2.10. The van der Waals surface area contributed by atoms with E-state index in [9.17, 15) is 18.0 Å². The summed E-state index contributed by atoms with van der Waals surface area (Å²) in [5.74, 6) is -1.51. The van der Waals surface area contributed by atoms with Gasteiger partial charge in [-0.1, -0.05) is 6.07 Å². The Labute approximate surface area is 241 Å². The predicted octanol–water partition coefficient (Wildman–Crippen LogP) is 2.77. The molecule has 0 bridgehead atoms. The fourth-order valence-corrected chi connectivity index (χ4v) is 3.43. The zero-order valence-electron chi connectivity index (χ0n) is 22.3. The van der Waals surface area contributed by atoms with Crippen LogP contribution in [-0.2, 0) is 4.79 Å². The molecule has 2 heterocycles. The Kier molecular flexibility index (Phi) is 10.4. The number of nitrogens with one attached hydrogen (secondary N) is 3. The number of hydrogen-bond acceptors (Lipinski definition) is 10. The first kappa shape index (κ1) is 31.6. The molecule has 6 N–H and O–H groups in total. The molecule has 0 aliphatic heterocycles. The first-order valence-electron chi connectivity index (χ1n) is 12.2. The van der Waals surface area contributed by atoms with Crippen molar-refractivity contribution in [3.8, 4) is 23.5 Å². The number of nitrogen functional groups attached to an aromatic ring is 1. The van der Waals surface area contributed by atoms with E-state index in [-0.39, 0.29) is 18.4 Å². The van der Waals surface area contributed by atoms with E-state index < -0.39 is 23.9 Å². The Balaban J connectivity index is 0.000000646. The van der Waals surface area contributed by atoms with Crippen LogP contribution in [0.5, 0.6) is 11.5 Å². The Bertz CT molecular complexity index is 1650. The number of aromatic nitrogens is 5. The second-order valence-electron chi connectivity index (χ2n) is 8.23. The van der Waals surface area contributed by atoms with Gasteiger partial charge in [0.05, 0.1) is 6.61 Å². The fraction of sp³-hybridized carbons (Fsp3) is 0.192. The van der Waals surface area contributed by atoms with E-state index in [4.69, 9.17) is 35.8 Å². The number of benzene rings is 2. The van der Waals surface area contributed by atoms with Crippen molar-refractivity contribution in [2.24, 2.45) is 5.73 Å². The van der Waals surface area contributed by atoms with Gasteiger partial charge < -0.3 is 25.6 Å². The molecule has 4 aromatic rings. The van der Waals surface area contributed by atoms with Gasteiger partial charge in [-0.15, -0.1) is 9.78 Å². The predicted molar refractivity (Wildman–Crippen MR) is 145 cm³/mol. The fourth-order valence-electron chi connectivity index (χ4n) is 3.43. The number of aromatic amines is 1. The van der Waals surface area contributed by atoms with E-state index >= 15 is 0 Å². The molecule has 0 aliphatic carbocycles. The highest BCUT2D eigenvalue weighted by molar-refractivity contribution is 5.95. The summed E-state index contributed by atoms with van der Waals surface area (Å²) in [5.41, 5.74) is 7.04. The van der Waals surface area contributed by atoms with Crippen LogP contribution in [0.15, 0.2) is 65.7 Å². The second-order valence-corrected chi connectivity index (χ2v) is 8.23. The van der Waals surface area contributed by atoms with Gasteiger partial charge in [0.1, 0.15) is 17.9 Å². The van der Waals surface area contributed by atoms with Crippen LogP contribution in [0.2, 0.25) is 0 Å². The summed E-state index contributed by atoms with van der Waals surface area (Å²) in [7, 11) is 0. The maximum Gasteiger partial charge on any atom is 0.490 e. The van der Waals surface area contributed by atoms with Crippen LogP contribution in [-0.4, -0.2) is 61.0 Å². The Hall–Kier alpha value is -5.92. The largest absolute Gasteiger partial charge is 0.490 e. The van der Waals surface area contributed by atoms with E-state index in [0.717, 1.165) is 4.68 Å². The number of anilines is 1. The van der Waals surface area contributed by atoms with E-state index in [0.29, 0.717) is 40.7 Å². The summed E-state index contributed by atoms with van der Waals surface area (Å²) in [6.07, 6.45) is -2.05. The molecule has 4 rings (SSSR count). The minimum atomic E-state index is -5.08. The van der Waals surface area contributed by atoms with Gasteiger partial charge in [-0.2, -0.15) is 18.4 Å². The van der Waals surface area contributed by atoms with Gasteiger partial charge in [0.2, 0.25) is 0 Å². The second kappa shape index (κ2) is 14.1. The molecule has 0 fully saturated rings. The van der Waals surface area contributed by atoms with Crippen molar-refractivity contribution < 1.29 is 32.5 Å². The highest BCUT2D eigenvalue weighted by Crippen LogP contribution is 2.33. The molecule has 1 atom stereocenters. The van der Waals surface area contributed by atoms with Crippen LogP contribution in [0.4, 0.5) is 18.9 Å². The summed E-state index contributed by atoms with van der Waals surface area (Å²) >= 11 is 0. The number of H-pyrrole nitrogens is 1. The molecule has 43 heavy (non-hydrogen) atoms. The summed E-state index contributed by atoms with van der Waals surface area (Å²) < 4.78 is 44.0. The Morgan fingerprint density at radius 1 is 1.19 bits per heavy atom. The van der Waals surface area contributed by atoms with Crippen molar-refractivity contribution in [1.29, 1.82) is 10.7 Å². The number of hydrogen-bond donors (Lipinski definition) is 5. The highest BCUT2D eigenvalue weighted by Gasteiger charge is 2.38. The normalized spacial score (nSPS) is 11.3. The number of nitrogens with two attached hydrogens (primary N) is 1. The van der Waals surface area contributed by atoms with Crippen LogP contribution in [0, 0.1) is 16.7 Å². The smallest absolute Gasteiger partial charge is 0.490 e. The number of carboxylic acid groups (broad SMARTS) is 1. The van der Waals surface area contributed by atoms with Gasteiger partial charge in [0.15, 0.2) is 23.9 Å². The Morgan fingerprint density at radius 3 is 2.40 bits per heavy atom. The van der Waals surface area contributed by atoms with Gasteiger partial charge in [0.25, 0.3) is 5.95 Å². The van der Waals surface area contributed by atoms with Crippen LogP contribution < -0.4 is 26.2 Å². The topological polar surface area (TPSA) is 218 Å². The molecule has 0 amide bonds. The Morgan fingerprint density at radius 2 is 1.84 bits per heavy atom. The number of rotatable bonds is 10. The minimum absolute atomic E-state index is 0.0432. The number of halogens is 3. The lowest BCUT2D eigenvalue weighted by Crippen LogP contribution is -2.21. The van der Waals surface area contributed by atoms with E-state index in [1.165, 1.54) is 12.4 Å². The third-order valence-corrected chi connectivity index (χ3v) is 5.29. The zero-order valence-corrected chi connectivity index (χ0v) is 22.3. The van der Waals surface area contributed by atoms with Crippen molar-refractivity contribution in [3.05, 3.63) is 88.4 Å². The van der Waals surface area contributed by atoms with Crippen molar-refractivity contribution in [2.45, 2.75) is 19.1 Å². The molecule has 14 nitrogen and oxygen atoms in total. The number of carbonyl (C=O) groups is 1. The molecule has 0 saturated heterocycles. The average molecular weight is 600 g/mol. The zero-order chi connectivity index (χ0) is 31.6. The van der Waals surface area contributed by atoms with Crippen LogP contribution in [0.1, 0.15) is 29.9 Å². The molecule has 0 spiro atoms. The molecule has 2 aromatic heterocycles. The maximum absolute atomic E-state index is 12.7. The molecule has 224 valence electrons. The van der Waals surface area contributed by atoms with Gasteiger partial charge in [0, 0.05) is 23.6 Å². The molecule has 17 heteroatoms. The molecule has 0 radical (unpaired) electrons. The summed E-state index contributed by atoms with van der Waals surface area (Å²) in [6, 6.07) is 15.2. The molecule has 0 saturated carbocycles. The van der Waals surface area contributed by atoms with Gasteiger partial charge >= 0.3 is 17.8 Å². The molecule has 1 unspecified atom stereocenters. The molecule has 0 aliphatic rings. The standard InChI is InChI=1S/C24H23N9O3.C2HF3O2/c1-2-35-19-14-16(6-9-18(19)36-13-10-25)20(30-17-7-4-15(5-8-17)21(26)27)22-31-24(34)33(32-22)23-28-11-3-12-29-23;3-2(4,5)1(6)7/h3-9,11-12,14,20,30H,2,13H2,1H3,(H3,26,27)(H,31,32,34);(H,6,7). The first-order valence-corrected chi connectivity index (χ1v) is 12.2. The average Bonchev–Trinajstić information content (AvgIpc) is 3.37. The lowest BCUT2D eigenvalue weighted by molar-refractivity contribution is -0.192. The van der Waals surface area contributed by atoms with Crippen molar-refractivity contribution in [3.63, 3.8) is 0 Å². The van der Waals surface area contributed by atoms with Gasteiger partial charge in [-0.05, 0) is 55.0 Å². The molecular weight excluding hydrogens is 575 g/mol. The SMILES string of the molecule is CCOc1cc(C(Nc2ccc(C(=N)N)cc2)c2nn(-c3ncccn3)c(=O)[nH]2)ccc1OCC#N.O=C(O)C(F)(F)F. The van der Waals surface area contributed by atoms with Crippen LogP contribution in [0.3, 0.4) is 0 Å². The van der Waals surface area contributed by atoms with Crippen LogP contribution in [0.25, 0.3) is 5.95 Å². The maximum atomic E-state index is 12.7. The minimum Gasteiger partial charge on any atom is -0.490 e. The summed E-state index contributed by atoms with van der Waals surface area (Å²) in [5, 5.41) is 31.4.